The number of sulfonamides is 1. The normalized spacial score (nSPS) is 17.5. The van der Waals surface area contributed by atoms with E-state index in [1.807, 2.05) is 0 Å². The highest BCUT2D eigenvalue weighted by molar-refractivity contribution is 7.89. The first-order valence-corrected chi connectivity index (χ1v) is 12.9. The Morgan fingerprint density at radius 1 is 0.879 bits per heavy atom. The van der Waals surface area contributed by atoms with Gasteiger partial charge in [0.1, 0.15) is 10.7 Å². The molecule has 2 fully saturated rings. The van der Waals surface area contributed by atoms with Crippen LogP contribution in [0.5, 0.6) is 0 Å². The fourth-order valence-electron chi connectivity index (χ4n) is 4.38. The lowest BCUT2D eigenvalue weighted by Crippen LogP contribution is -2.42. The summed E-state index contributed by atoms with van der Waals surface area (Å²) in [6.45, 7) is 4.19. The van der Waals surface area contributed by atoms with Gasteiger partial charge in [0, 0.05) is 31.7 Å². The van der Waals surface area contributed by atoms with Gasteiger partial charge in [-0.25, -0.2) is 8.42 Å². The summed E-state index contributed by atoms with van der Waals surface area (Å²) in [4.78, 5) is 27.3. The van der Waals surface area contributed by atoms with Crippen LogP contribution in [-0.2, 0) is 10.0 Å². The Bertz CT molecular complexity index is 1120. The van der Waals surface area contributed by atoms with Crippen molar-refractivity contribution in [3.8, 4) is 0 Å². The van der Waals surface area contributed by atoms with Gasteiger partial charge >= 0.3 is 0 Å². The first-order chi connectivity index (χ1) is 15.9. The van der Waals surface area contributed by atoms with Gasteiger partial charge in [0.25, 0.3) is 11.8 Å². The molecule has 0 saturated carbocycles. The smallest absolute Gasteiger partial charge is 0.273 e. The third-order valence-corrected chi connectivity index (χ3v) is 8.17. The molecule has 2 N–H and O–H groups in total. The quantitative estimate of drug-likeness (QED) is 0.645. The largest absolute Gasteiger partial charge is 0.469 e. The average Bonchev–Trinajstić information content (AvgIpc) is 3.29. The van der Waals surface area contributed by atoms with Crippen LogP contribution in [0.2, 0.25) is 0 Å². The van der Waals surface area contributed by atoms with Crippen molar-refractivity contribution in [3.05, 3.63) is 47.4 Å². The fourth-order valence-corrected chi connectivity index (χ4v) is 6.13. The number of aryl methyl sites for hydroxylation is 1. The van der Waals surface area contributed by atoms with Crippen molar-refractivity contribution in [1.82, 2.24) is 15.2 Å². The molecule has 178 valence electrons. The van der Waals surface area contributed by atoms with E-state index in [1.54, 1.807) is 19.1 Å². The Kier molecular flexibility index (Phi) is 7.04. The number of rotatable bonds is 5. The average molecular weight is 475 g/mol. The van der Waals surface area contributed by atoms with Gasteiger partial charge in [-0.3, -0.25) is 20.4 Å². The van der Waals surface area contributed by atoms with Crippen molar-refractivity contribution in [2.45, 2.75) is 50.3 Å². The molecule has 0 radical (unpaired) electrons. The van der Waals surface area contributed by atoms with Crippen molar-refractivity contribution in [2.75, 3.05) is 31.1 Å². The maximum atomic E-state index is 13.6. The van der Waals surface area contributed by atoms with Crippen LogP contribution in [0, 0.1) is 6.92 Å². The summed E-state index contributed by atoms with van der Waals surface area (Å²) in [6, 6.07) is 6.24. The number of hydrogen-bond donors (Lipinski definition) is 2. The maximum Gasteiger partial charge on any atom is 0.273 e. The lowest BCUT2D eigenvalue weighted by atomic mass is 10.1. The van der Waals surface area contributed by atoms with Crippen LogP contribution in [0.15, 0.2) is 39.8 Å². The van der Waals surface area contributed by atoms with E-state index in [1.165, 1.54) is 22.7 Å². The number of furan rings is 1. The number of carbonyl (C=O) groups is 2. The molecule has 0 spiro atoms. The summed E-state index contributed by atoms with van der Waals surface area (Å²) in [7, 11) is -3.76. The topological polar surface area (TPSA) is 112 Å². The first-order valence-electron chi connectivity index (χ1n) is 11.4. The van der Waals surface area contributed by atoms with Gasteiger partial charge in [0.2, 0.25) is 10.0 Å². The predicted molar refractivity (Wildman–Crippen MR) is 123 cm³/mol. The molecule has 2 amide bonds. The zero-order valence-corrected chi connectivity index (χ0v) is 19.6. The molecule has 2 saturated heterocycles. The Morgan fingerprint density at radius 3 is 2.15 bits per heavy atom. The molecule has 3 heterocycles. The van der Waals surface area contributed by atoms with E-state index >= 15 is 0 Å². The number of anilines is 1. The van der Waals surface area contributed by atoms with Crippen LogP contribution in [0.1, 0.15) is 65.0 Å². The highest BCUT2D eigenvalue weighted by Crippen LogP contribution is 2.32. The highest BCUT2D eigenvalue weighted by atomic mass is 32.2. The minimum absolute atomic E-state index is 0.149. The summed E-state index contributed by atoms with van der Waals surface area (Å²) >= 11 is 0. The second kappa shape index (κ2) is 9.96. The van der Waals surface area contributed by atoms with Gasteiger partial charge in [0.15, 0.2) is 0 Å². The van der Waals surface area contributed by atoms with Crippen molar-refractivity contribution in [3.63, 3.8) is 0 Å². The van der Waals surface area contributed by atoms with E-state index in [0.717, 1.165) is 51.6 Å². The SMILES string of the molecule is Cc1occc1C(=O)NNC(=O)c1ccc(N2CCCCC2)c(S(=O)(=O)N2CCCCC2)c1. The summed E-state index contributed by atoms with van der Waals surface area (Å²) in [6.07, 6.45) is 7.21. The number of nitrogens with one attached hydrogen (secondary N) is 2. The monoisotopic (exact) mass is 474 g/mol. The van der Waals surface area contributed by atoms with Crippen molar-refractivity contribution in [2.24, 2.45) is 0 Å². The Hall–Kier alpha value is -2.85. The van der Waals surface area contributed by atoms with E-state index in [2.05, 4.69) is 15.8 Å². The minimum atomic E-state index is -3.76. The highest BCUT2D eigenvalue weighted by Gasteiger charge is 2.31. The van der Waals surface area contributed by atoms with Crippen molar-refractivity contribution in [1.29, 1.82) is 0 Å². The number of nitrogens with zero attached hydrogens (tertiary/aromatic N) is 2. The summed E-state index contributed by atoms with van der Waals surface area (Å²) < 4.78 is 33.8. The summed E-state index contributed by atoms with van der Waals surface area (Å²) in [5, 5.41) is 0. The van der Waals surface area contributed by atoms with Gasteiger partial charge in [-0.1, -0.05) is 6.42 Å². The Morgan fingerprint density at radius 2 is 1.52 bits per heavy atom. The Balaban J connectivity index is 1.60. The molecule has 9 nitrogen and oxygen atoms in total. The molecule has 2 aromatic rings. The van der Waals surface area contributed by atoms with Crippen LogP contribution in [0.3, 0.4) is 0 Å². The van der Waals surface area contributed by atoms with Gasteiger partial charge in [0.05, 0.1) is 17.5 Å². The Labute approximate surface area is 194 Å². The van der Waals surface area contributed by atoms with Crippen LogP contribution in [0.4, 0.5) is 5.69 Å². The van der Waals surface area contributed by atoms with E-state index in [9.17, 15) is 18.0 Å². The van der Waals surface area contributed by atoms with E-state index < -0.39 is 21.8 Å². The second-order valence-electron chi connectivity index (χ2n) is 8.49. The lowest BCUT2D eigenvalue weighted by molar-refractivity contribution is 0.0845. The third kappa shape index (κ3) is 5.06. The molecule has 0 unspecified atom stereocenters. The maximum absolute atomic E-state index is 13.6. The predicted octanol–water partition coefficient (Wildman–Crippen LogP) is 2.83. The number of hydrogen-bond acceptors (Lipinski definition) is 6. The molecule has 2 aliphatic rings. The van der Waals surface area contributed by atoms with E-state index in [-0.39, 0.29) is 10.5 Å². The van der Waals surface area contributed by atoms with Gasteiger partial charge < -0.3 is 9.32 Å². The molecular formula is C23H30N4O5S. The molecule has 0 atom stereocenters. The van der Waals surface area contributed by atoms with E-state index in [0.29, 0.717) is 30.1 Å². The first kappa shape index (κ1) is 23.3. The molecule has 33 heavy (non-hydrogen) atoms. The second-order valence-corrected chi connectivity index (χ2v) is 10.4. The van der Waals surface area contributed by atoms with Gasteiger partial charge in [-0.15, -0.1) is 0 Å². The summed E-state index contributed by atoms with van der Waals surface area (Å²) in [5.74, 6) is -0.673. The van der Waals surface area contributed by atoms with Gasteiger partial charge in [-0.2, -0.15) is 4.31 Å². The van der Waals surface area contributed by atoms with Crippen LogP contribution >= 0.6 is 0 Å². The number of carbonyl (C=O) groups excluding carboxylic acids is 2. The number of benzene rings is 1. The zero-order chi connectivity index (χ0) is 23.4. The molecule has 0 bridgehead atoms. The van der Waals surface area contributed by atoms with Crippen molar-refractivity contribution < 1.29 is 22.4 Å². The molecule has 0 aliphatic carbocycles. The molecule has 2 aliphatic heterocycles. The number of hydrazine groups is 1. The standard InChI is InChI=1S/C23H30N4O5S/c1-17-19(10-15-32-17)23(29)25-24-22(28)18-8-9-20(26-11-4-2-5-12-26)21(16-18)33(30,31)27-13-6-3-7-14-27/h8-10,15-16H,2-7,11-14H2,1H3,(H,24,28)(H,25,29). The van der Waals surface area contributed by atoms with Crippen LogP contribution in [-0.4, -0.2) is 50.7 Å². The number of amides is 2. The minimum Gasteiger partial charge on any atom is -0.469 e. The molecule has 1 aromatic carbocycles. The lowest BCUT2D eigenvalue weighted by Gasteiger charge is -2.33. The molecule has 1 aromatic heterocycles. The molecule has 10 heteroatoms. The fraction of sp³-hybridized carbons (Fsp3) is 0.478. The molecular weight excluding hydrogens is 444 g/mol. The zero-order valence-electron chi connectivity index (χ0n) is 18.8. The summed E-state index contributed by atoms with van der Waals surface area (Å²) in [5.41, 5.74) is 5.83. The molecule has 4 rings (SSSR count). The number of piperidine rings is 2. The third-order valence-electron chi connectivity index (χ3n) is 6.24. The van der Waals surface area contributed by atoms with Gasteiger partial charge in [-0.05, 0) is 63.3 Å². The van der Waals surface area contributed by atoms with Crippen molar-refractivity contribution >= 4 is 27.5 Å². The van der Waals surface area contributed by atoms with Crippen LogP contribution < -0.4 is 15.8 Å². The van der Waals surface area contributed by atoms with Crippen LogP contribution in [0.25, 0.3) is 0 Å². The van der Waals surface area contributed by atoms with E-state index in [4.69, 9.17) is 4.42 Å².